The third kappa shape index (κ3) is 4.77. The Morgan fingerprint density at radius 2 is 2.00 bits per heavy atom. The minimum Gasteiger partial charge on any atom is -0.348 e. The number of hydrogen-bond donors (Lipinski definition) is 2. The molecule has 0 spiro atoms. The second kappa shape index (κ2) is 7.10. The van der Waals surface area contributed by atoms with E-state index in [2.05, 4.69) is 10.3 Å². The van der Waals surface area contributed by atoms with Crippen molar-refractivity contribution >= 4 is 17.2 Å². The van der Waals surface area contributed by atoms with Gasteiger partial charge in [0.05, 0.1) is 5.56 Å². The molecule has 8 heteroatoms. The SMILES string of the molecule is CC(Cc1ccc(C(F)(F)F)cc1)NC(=O)c1csc(CN)n1. The zero-order valence-corrected chi connectivity index (χ0v) is 13.2. The molecule has 0 saturated carbocycles. The van der Waals surface area contributed by atoms with Crippen LogP contribution in [-0.2, 0) is 19.1 Å². The van der Waals surface area contributed by atoms with Crippen LogP contribution in [0.15, 0.2) is 29.6 Å². The number of benzene rings is 1. The van der Waals surface area contributed by atoms with Crippen molar-refractivity contribution in [3.8, 4) is 0 Å². The van der Waals surface area contributed by atoms with E-state index in [0.717, 1.165) is 12.1 Å². The average molecular weight is 343 g/mol. The Bertz CT molecular complexity index is 667. The molecule has 2 aromatic rings. The van der Waals surface area contributed by atoms with Gasteiger partial charge < -0.3 is 11.1 Å². The summed E-state index contributed by atoms with van der Waals surface area (Å²) in [7, 11) is 0. The summed E-state index contributed by atoms with van der Waals surface area (Å²) in [5, 5.41) is 5.07. The minimum atomic E-state index is -4.34. The number of nitrogens with zero attached hydrogens (tertiary/aromatic N) is 1. The molecule has 0 bridgehead atoms. The molecule has 3 N–H and O–H groups in total. The van der Waals surface area contributed by atoms with Crippen molar-refractivity contribution in [2.45, 2.75) is 32.1 Å². The molecule has 0 aliphatic heterocycles. The predicted molar refractivity (Wildman–Crippen MR) is 82.1 cm³/mol. The van der Waals surface area contributed by atoms with Crippen LogP contribution >= 0.6 is 11.3 Å². The molecule has 1 amide bonds. The van der Waals surface area contributed by atoms with Gasteiger partial charge in [0, 0.05) is 18.0 Å². The monoisotopic (exact) mass is 343 g/mol. The van der Waals surface area contributed by atoms with Gasteiger partial charge in [0.25, 0.3) is 5.91 Å². The van der Waals surface area contributed by atoms with Gasteiger partial charge >= 0.3 is 6.18 Å². The molecule has 1 aromatic heterocycles. The third-order valence-electron chi connectivity index (χ3n) is 3.16. The third-order valence-corrected chi connectivity index (χ3v) is 4.03. The lowest BCUT2D eigenvalue weighted by Gasteiger charge is -2.14. The number of thiazole rings is 1. The number of hydrogen-bond acceptors (Lipinski definition) is 4. The highest BCUT2D eigenvalue weighted by molar-refractivity contribution is 7.09. The lowest BCUT2D eigenvalue weighted by Crippen LogP contribution is -2.34. The maximum absolute atomic E-state index is 12.5. The number of carbonyl (C=O) groups excluding carboxylic acids is 1. The van der Waals surface area contributed by atoms with Crippen LogP contribution in [0.4, 0.5) is 13.2 Å². The maximum Gasteiger partial charge on any atom is 0.416 e. The van der Waals surface area contributed by atoms with Crippen LogP contribution in [0.5, 0.6) is 0 Å². The summed E-state index contributed by atoms with van der Waals surface area (Å²) in [5.74, 6) is -0.319. The molecule has 0 saturated heterocycles. The van der Waals surface area contributed by atoms with Crippen LogP contribution in [0, 0.1) is 0 Å². The Morgan fingerprint density at radius 1 is 1.35 bits per heavy atom. The number of nitrogens with two attached hydrogens (primary N) is 1. The highest BCUT2D eigenvalue weighted by Crippen LogP contribution is 2.29. The summed E-state index contributed by atoms with van der Waals surface area (Å²) in [6.07, 6.45) is -3.92. The number of rotatable bonds is 5. The van der Waals surface area contributed by atoms with Crippen molar-refractivity contribution in [2.75, 3.05) is 0 Å². The molecule has 1 heterocycles. The van der Waals surface area contributed by atoms with E-state index in [1.807, 2.05) is 0 Å². The molecule has 2 rings (SSSR count). The van der Waals surface area contributed by atoms with E-state index < -0.39 is 11.7 Å². The lowest BCUT2D eigenvalue weighted by molar-refractivity contribution is -0.137. The number of halogens is 3. The molecular formula is C15H16F3N3OS. The van der Waals surface area contributed by atoms with E-state index in [9.17, 15) is 18.0 Å². The normalized spacial score (nSPS) is 12.9. The second-order valence-electron chi connectivity index (χ2n) is 5.10. The molecule has 0 aliphatic rings. The summed E-state index contributed by atoms with van der Waals surface area (Å²) in [5.41, 5.74) is 5.78. The van der Waals surface area contributed by atoms with E-state index in [4.69, 9.17) is 5.73 Å². The maximum atomic E-state index is 12.5. The van der Waals surface area contributed by atoms with E-state index in [1.165, 1.54) is 23.5 Å². The molecule has 0 aliphatic carbocycles. The van der Waals surface area contributed by atoms with Gasteiger partial charge in [-0.2, -0.15) is 13.2 Å². The molecule has 1 aromatic carbocycles. The zero-order chi connectivity index (χ0) is 17.0. The molecule has 0 fully saturated rings. The quantitative estimate of drug-likeness (QED) is 0.877. The van der Waals surface area contributed by atoms with Crippen molar-refractivity contribution in [1.29, 1.82) is 0 Å². The molecule has 23 heavy (non-hydrogen) atoms. The van der Waals surface area contributed by atoms with Crippen LogP contribution in [0.1, 0.15) is 33.5 Å². The number of carbonyl (C=O) groups is 1. The molecule has 124 valence electrons. The van der Waals surface area contributed by atoms with Crippen molar-refractivity contribution in [2.24, 2.45) is 5.73 Å². The summed E-state index contributed by atoms with van der Waals surface area (Å²) in [4.78, 5) is 16.1. The van der Waals surface area contributed by atoms with Gasteiger partial charge in [-0.05, 0) is 31.0 Å². The first-order valence-electron chi connectivity index (χ1n) is 6.91. The number of amides is 1. The van der Waals surface area contributed by atoms with Gasteiger partial charge in [-0.25, -0.2) is 4.98 Å². The van der Waals surface area contributed by atoms with Crippen LogP contribution in [-0.4, -0.2) is 16.9 Å². The Labute approximate surface area is 135 Å². The summed E-state index contributed by atoms with van der Waals surface area (Å²) >= 11 is 1.31. The van der Waals surface area contributed by atoms with Gasteiger partial charge in [-0.3, -0.25) is 4.79 Å². The standard InChI is InChI=1S/C15H16F3N3OS/c1-9(20-14(22)12-8-23-13(7-19)21-12)6-10-2-4-11(5-3-10)15(16,17)18/h2-5,8-9H,6-7,19H2,1H3,(H,20,22). The van der Waals surface area contributed by atoms with E-state index in [0.29, 0.717) is 22.7 Å². The summed E-state index contributed by atoms with van der Waals surface area (Å²) in [6, 6.07) is 4.68. The fourth-order valence-electron chi connectivity index (χ4n) is 2.04. The summed E-state index contributed by atoms with van der Waals surface area (Å²) < 4.78 is 37.5. The molecule has 1 unspecified atom stereocenters. The first-order chi connectivity index (χ1) is 10.8. The molecule has 1 atom stereocenters. The number of alkyl halides is 3. The number of nitrogens with one attached hydrogen (secondary N) is 1. The Hall–Kier alpha value is -1.93. The highest BCUT2D eigenvalue weighted by atomic mass is 32.1. The fourth-order valence-corrected chi connectivity index (χ4v) is 2.70. The Balaban J connectivity index is 1.93. The average Bonchev–Trinajstić information content (AvgIpc) is 2.95. The molecule has 4 nitrogen and oxygen atoms in total. The largest absolute Gasteiger partial charge is 0.416 e. The van der Waals surface area contributed by atoms with Crippen molar-refractivity contribution < 1.29 is 18.0 Å². The molecular weight excluding hydrogens is 327 g/mol. The first kappa shape index (κ1) is 17.4. The topological polar surface area (TPSA) is 68.0 Å². The predicted octanol–water partition coefficient (Wildman–Crippen LogP) is 2.98. The van der Waals surface area contributed by atoms with Gasteiger partial charge in [-0.1, -0.05) is 12.1 Å². The van der Waals surface area contributed by atoms with Gasteiger partial charge in [0.15, 0.2) is 0 Å². The van der Waals surface area contributed by atoms with E-state index in [-0.39, 0.29) is 18.5 Å². The van der Waals surface area contributed by atoms with Gasteiger partial charge in [-0.15, -0.1) is 11.3 Å². The van der Waals surface area contributed by atoms with Crippen LogP contribution in [0.3, 0.4) is 0 Å². The van der Waals surface area contributed by atoms with Crippen LogP contribution < -0.4 is 11.1 Å². The van der Waals surface area contributed by atoms with Gasteiger partial charge in [0.1, 0.15) is 10.7 Å². The highest BCUT2D eigenvalue weighted by Gasteiger charge is 2.29. The van der Waals surface area contributed by atoms with Crippen molar-refractivity contribution in [3.63, 3.8) is 0 Å². The van der Waals surface area contributed by atoms with Crippen LogP contribution in [0.25, 0.3) is 0 Å². The van der Waals surface area contributed by atoms with E-state index >= 15 is 0 Å². The van der Waals surface area contributed by atoms with Gasteiger partial charge in [0.2, 0.25) is 0 Å². The minimum absolute atomic E-state index is 0.234. The number of aromatic nitrogens is 1. The fraction of sp³-hybridized carbons (Fsp3) is 0.333. The zero-order valence-electron chi connectivity index (χ0n) is 12.4. The van der Waals surface area contributed by atoms with Crippen molar-refractivity contribution in [3.05, 3.63) is 51.5 Å². The van der Waals surface area contributed by atoms with Crippen molar-refractivity contribution in [1.82, 2.24) is 10.3 Å². The second-order valence-corrected chi connectivity index (χ2v) is 6.05. The first-order valence-corrected chi connectivity index (χ1v) is 7.79. The van der Waals surface area contributed by atoms with E-state index in [1.54, 1.807) is 12.3 Å². The van der Waals surface area contributed by atoms with Crippen LogP contribution in [0.2, 0.25) is 0 Å². The Kier molecular flexibility index (Phi) is 5.38. The lowest BCUT2D eigenvalue weighted by atomic mass is 10.0. The molecule has 0 radical (unpaired) electrons. The Morgan fingerprint density at radius 3 is 2.52 bits per heavy atom. The smallest absolute Gasteiger partial charge is 0.348 e. The summed E-state index contributed by atoms with van der Waals surface area (Å²) in [6.45, 7) is 2.06.